The first kappa shape index (κ1) is 16.5. The summed E-state index contributed by atoms with van der Waals surface area (Å²) in [6.45, 7) is 9.64. The minimum Gasteiger partial charge on any atom is -0.459 e. The Morgan fingerprint density at radius 3 is 2.54 bits per heavy atom. The smallest absolute Gasteiger partial charge is 0.287 e. The number of aromatic nitrogens is 2. The number of nitrogens with one attached hydrogen (secondary N) is 1. The van der Waals surface area contributed by atoms with E-state index in [0.29, 0.717) is 5.76 Å². The average molecular weight is 328 g/mol. The van der Waals surface area contributed by atoms with Gasteiger partial charge in [-0.15, -0.1) is 0 Å². The molecule has 0 radical (unpaired) electrons. The lowest BCUT2D eigenvalue weighted by molar-refractivity contribution is 0.0902. The van der Waals surface area contributed by atoms with Crippen molar-refractivity contribution in [3.8, 4) is 0 Å². The molecule has 3 heterocycles. The Morgan fingerprint density at radius 2 is 1.92 bits per heavy atom. The van der Waals surface area contributed by atoms with Crippen LogP contribution in [0, 0.1) is 27.7 Å². The zero-order chi connectivity index (χ0) is 17.3. The number of anilines is 1. The highest BCUT2D eigenvalue weighted by atomic mass is 16.3. The van der Waals surface area contributed by atoms with Gasteiger partial charge in [0.05, 0.1) is 6.26 Å². The van der Waals surface area contributed by atoms with Gasteiger partial charge in [-0.1, -0.05) is 0 Å². The molecule has 128 valence electrons. The number of rotatable bonds is 3. The van der Waals surface area contributed by atoms with E-state index >= 15 is 0 Å². The number of carbonyl (C=O) groups excluding carboxylic acids is 1. The van der Waals surface area contributed by atoms with Crippen molar-refractivity contribution in [3.05, 3.63) is 40.7 Å². The van der Waals surface area contributed by atoms with Crippen LogP contribution in [0.2, 0.25) is 0 Å². The van der Waals surface area contributed by atoms with Gasteiger partial charge in [-0.3, -0.25) is 4.79 Å². The molecule has 1 N–H and O–H groups in total. The summed E-state index contributed by atoms with van der Waals surface area (Å²) in [4.78, 5) is 23.6. The number of hydrogen-bond donors (Lipinski definition) is 1. The molecule has 1 amide bonds. The maximum Gasteiger partial charge on any atom is 0.287 e. The Labute approximate surface area is 142 Å². The van der Waals surface area contributed by atoms with Gasteiger partial charge in [-0.2, -0.15) is 0 Å². The van der Waals surface area contributed by atoms with E-state index in [9.17, 15) is 4.79 Å². The number of nitrogens with zero attached hydrogens (tertiary/aromatic N) is 3. The number of aryl methyl sites for hydroxylation is 3. The second-order valence-electron chi connectivity index (χ2n) is 6.47. The Hall–Kier alpha value is -2.37. The predicted molar refractivity (Wildman–Crippen MR) is 92.4 cm³/mol. The third-order valence-corrected chi connectivity index (χ3v) is 4.67. The van der Waals surface area contributed by atoms with Crippen molar-refractivity contribution in [2.24, 2.45) is 0 Å². The largest absolute Gasteiger partial charge is 0.459 e. The fraction of sp³-hybridized carbons (Fsp3) is 0.500. The van der Waals surface area contributed by atoms with Crippen LogP contribution in [0.5, 0.6) is 0 Å². The number of piperidine rings is 1. The zero-order valence-electron chi connectivity index (χ0n) is 14.7. The van der Waals surface area contributed by atoms with Crippen LogP contribution >= 0.6 is 0 Å². The highest BCUT2D eigenvalue weighted by Crippen LogP contribution is 2.23. The summed E-state index contributed by atoms with van der Waals surface area (Å²) in [7, 11) is 0. The lowest BCUT2D eigenvalue weighted by atomic mass is 10.0. The van der Waals surface area contributed by atoms with Crippen molar-refractivity contribution in [2.75, 3.05) is 18.0 Å². The minimum absolute atomic E-state index is 0.124. The SMILES string of the molecule is Cc1nc(C)c(C)c(N2CCC(NC(=O)c3occc3C)CC2)n1. The van der Waals surface area contributed by atoms with Crippen molar-refractivity contribution in [3.63, 3.8) is 0 Å². The summed E-state index contributed by atoms with van der Waals surface area (Å²) >= 11 is 0. The van der Waals surface area contributed by atoms with Gasteiger partial charge in [0.1, 0.15) is 11.6 Å². The molecule has 0 spiro atoms. The molecule has 0 aromatic carbocycles. The van der Waals surface area contributed by atoms with E-state index in [2.05, 4.69) is 27.1 Å². The number of amides is 1. The van der Waals surface area contributed by atoms with Gasteiger partial charge in [0.15, 0.2) is 5.76 Å². The summed E-state index contributed by atoms with van der Waals surface area (Å²) < 4.78 is 5.26. The van der Waals surface area contributed by atoms with E-state index < -0.39 is 0 Å². The lowest BCUT2D eigenvalue weighted by Crippen LogP contribution is -2.45. The highest BCUT2D eigenvalue weighted by molar-refractivity contribution is 5.93. The molecule has 6 heteroatoms. The van der Waals surface area contributed by atoms with Crippen LogP contribution in [0.4, 0.5) is 5.82 Å². The van der Waals surface area contributed by atoms with E-state index in [0.717, 1.165) is 54.4 Å². The van der Waals surface area contributed by atoms with Gasteiger partial charge < -0.3 is 14.6 Å². The van der Waals surface area contributed by atoms with Crippen molar-refractivity contribution in [2.45, 2.75) is 46.6 Å². The van der Waals surface area contributed by atoms with Crippen LogP contribution in [0.3, 0.4) is 0 Å². The van der Waals surface area contributed by atoms with Crippen LogP contribution in [0.15, 0.2) is 16.7 Å². The molecule has 1 aliphatic rings. The molecule has 0 bridgehead atoms. The van der Waals surface area contributed by atoms with Gasteiger partial charge in [0, 0.05) is 36.0 Å². The summed E-state index contributed by atoms with van der Waals surface area (Å²) in [5.74, 6) is 2.11. The van der Waals surface area contributed by atoms with Crippen molar-refractivity contribution in [1.82, 2.24) is 15.3 Å². The molecule has 2 aromatic rings. The molecule has 0 aliphatic carbocycles. The van der Waals surface area contributed by atoms with Gasteiger partial charge >= 0.3 is 0 Å². The molecule has 0 unspecified atom stereocenters. The molecule has 1 saturated heterocycles. The summed E-state index contributed by atoms with van der Waals surface area (Å²) in [5.41, 5.74) is 3.03. The first-order chi connectivity index (χ1) is 11.5. The fourth-order valence-corrected chi connectivity index (χ4v) is 3.15. The topological polar surface area (TPSA) is 71.3 Å². The van der Waals surface area contributed by atoms with Crippen molar-refractivity contribution < 1.29 is 9.21 Å². The molecule has 3 rings (SSSR count). The summed E-state index contributed by atoms with van der Waals surface area (Å²) in [6, 6.07) is 1.97. The highest BCUT2D eigenvalue weighted by Gasteiger charge is 2.24. The third-order valence-electron chi connectivity index (χ3n) is 4.67. The molecule has 0 atom stereocenters. The van der Waals surface area contributed by atoms with Crippen LogP contribution in [0.1, 0.15) is 46.0 Å². The zero-order valence-corrected chi connectivity index (χ0v) is 14.7. The lowest BCUT2D eigenvalue weighted by Gasteiger charge is -2.34. The monoisotopic (exact) mass is 328 g/mol. The van der Waals surface area contributed by atoms with Crippen molar-refractivity contribution >= 4 is 11.7 Å². The van der Waals surface area contributed by atoms with Crippen LogP contribution < -0.4 is 10.2 Å². The van der Waals surface area contributed by atoms with Crippen molar-refractivity contribution in [1.29, 1.82) is 0 Å². The molecule has 2 aromatic heterocycles. The normalized spacial score (nSPS) is 15.6. The Morgan fingerprint density at radius 1 is 1.21 bits per heavy atom. The first-order valence-electron chi connectivity index (χ1n) is 8.37. The molecular formula is C18H24N4O2. The van der Waals surface area contributed by atoms with E-state index in [1.807, 2.05) is 20.8 Å². The molecule has 1 aliphatic heterocycles. The Balaban J connectivity index is 1.62. The van der Waals surface area contributed by atoms with Gasteiger partial charge in [0.25, 0.3) is 5.91 Å². The summed E-state index contributed by atoms with van der Waals surface area (Å²) in [6.07, 6.45) is 3.34. The standard InChI is InChI=1S/C18H24N4O2/c1-11-7-10-24-16(11)18(23)21-15-5-8-22(9-6-15)17-12(2)13(3)19-14(4)20-17/h7,10,15H,5-6,8-9H2,1-4H3,(H,21,23). The van der Waals surface area contributed by atoms with E-state index in [1.165, 1.54) is 0 Å². The quantitative estimate of drug-likeness (QED) is 0.938. The Bertz CT molecular complexity index is 745. The van der Waals surface area contributed by atoms with E-state index in [-0.39, 0.29) is 11.9 Å². The maximum atomic E-state index is 12.3. The fourth-order valence-electron chi connectivity index (χ4n) is 3.15. The molecule has 0 saturated carbocycles. The second-order valence-corrected chi connectivity index (χ2v) is 6.47. The van der Waals surface area contributed by atoms with Gasteiger partial charge in [0.2, 0.25) is 0 Å². The number of hydrogen-bond acceptors (Lipinski definition) is 5. The maximum absolute atomic E-state index is 12.3. The predicted octanol–water partition coefficient (Wildman–Crippen LogP) is 2.70. The minimum atomic E-state index is -0.124. The number of furan rings is 1. The molecule has 1 fully saturated rings. The number of carbonyl (C=O) groups is 1. The van der Waals surface area contributed by atoms with Crippen LogP contribution in [-0.4, -0.2) is 35.0 Å². The molecule has 6 nitrogen and oxygen atoms in total. The second kappa shape index (κ2) is 6.63. The van der Waals surface area contributed by atoms with Crippen LogP contribution in [-0.2, 0) is 0 Å². The first-order valence-corrected chi connectivity index (χ1v) is 8.37. The molecular weight excluding hydrogens is 304 g/mol. The summed E-state index contributed by atoms with van der Waals surface area (Å²) in [5, 5.41) is 3.08. The average Bonchev–Trinajstić information content (AvgIpc) is 2.98. The molecule has 24 heavy (non-hydrogen) atoms. The van der Waals surface area contributed by atoms with E-state index in [1.54, 1.807) is 12.3 Å². The van der Waals surface area contributed by atoms with Crippen LogP contribution in [0.25, 0.3) is 0 Å². The van der Waals surface area contributed by atoms with E-state index in [4.69, 9.17) is 4.42 Å². The van der Waals surface area contributed by atoms with Gasteiger partial charge in [-0.05, 0) is 46.6 Å². The van der Waals surface area contributed by atoms with Gasteiger partial charge in [-0.25, -0.2) is 9.97 Å². The Kier molecular flexibility index (Phi) is 4.55. The third kappa shape index (κ3) is 3.27.